The first kappa shape index (κ1) is 14.3. The molecular formula is C13H19N5O2. The van der Waals surface area contributed by atoms with Crippen molar-refractivity contribution in [3.8, 4) is 0 Å². The number of hydrogen-bond acceptors (Lipinski definition) is 6. The van der Waals surface area contributed by atoms with Crippen LogP contribution in [0.5, 0.6) is 0 Å². The minimum atomic E-state index is -0.556. The fraction of sp³-hybridized carbons (Fsp3) is 0.462. The maximum atomic E-state index is 11.5. The molecule has 108 valence electrons. The molecule has 1 aliphatic heterocycles. The Morgan fingerprint density at radius 2 is 2.45 bits per heavy atom. The van der Waals surface area contributed by atoms with Crippen LogP contribution in [-0.4, -0.2) is 51.6 Å². The number of amides is 1. The van der Waals surface area contributed by atoms with Crippen molar-refractivity contribution < 1.29 is 9.90 Å². The molecule has 1 saturated heterocycles. The number of nitrogens with one attached hydrogen (secondary N) is 1. The van der Waals surface area contributed by atoms with Crippen LogP contribution in [-0.2, 0) is 4.79 Å². The van der Waals surface area contributed by atoms with Gasteiger partial charge >= 0.3 is 0 Å². The summed E-state index contributed by atoms with van der Waals surface area (Å²) >= 11 is 0. The number of hydrogen-bond donors (Lipinski definition) is 3. The van der Waals surface area contributed by atoms with Gasteiger partial charge in [-0.2, -0.15) is 0 Å². The fourth-order valence-electron chi connectivity index (χ4n) is 2.25. The third-order valence-electron chi connectivity index (χ3n) is 3.44. The minimum absolute atomic E-state index is 0.0695. The Labute approximate surface area is 117 Å². The van der Waals surface area contributed by atoms with E-state index in [1.807, 2.05) is 0 Å². The van der Waals surface area contributed by atoms with E-state index in [9.17, 15) is 9.90 Å². The van der Waals surface area contributed by atoms with Crippen LogP contribution in [0, 0.1) is 5.92 Å². The molecule has 0 radical (unpaired) electrons. The number of nitrogen functional groups attached to an aromatic ring is 1. The first-order valence-corrected chi connectivity index (χ1v) is 6.51. The Morgan fingerprint density at radius 3 is 3.10 bits per heavy atom. The van der Waals surface area contributed by atoms with Crippen molar-refractivity contribution in [2.75, 3.05) is 30.7 Å². The Bertz CT molecular complexity index is 493. The molecule has 1 aromatic rings. The number of aromatic nitrogens is 2. The number of nitrogens with zero attached hydrogens (tertiary/aromatic N) is 3. The third kappa shape index (κ3) is 3.45. The van der Waals surface area contributed by atoms with E-state index in [2.05, 4.69) is 21.9 Å². The standard InChI is InChI=1S/C13H19N5O2/c1-2-13(20)18-4-3-9(10(19)7-18)6-15-12-5-11(14)16-8-17-12/h2,5,8-10,19H,1,3-4,6-7H2,(H3,14,15,16,17)/t9-,10+/m0/s1. The highest BCUT2D eigenvalue weighted by molar-refractivity contribution is 5.87. The molecule has 2 rings (SSSR count). The molecule has 4 N–H and O–H groups in total. The molecule has 1 aliphatic rings. The highest BCUT2D eigenvalue weighted by Gasteiger charge is 2.29. The molecule has 0 saturated carbocycles. The lowest BCUT2D eigenvalue weighted by molar-refractivity contribution is -0.130. The highest BCUT2D eigenvalue weighted by Crippen LogP contribution is 2.19. The summed E-state index contributed by atoms with van der Waals surface area (Å²) in [7, 11) is 0. The summed E-state index contributed by atoms with van der Waals surface area (Å²) in [6, 6.07) is 1.64. The fourth-order valence-corrected chi connectivity index (χ4v) is 2.25. The van der Waals surface area contributed by atoms with Crippen molar-refractivity contribution in [1.29, 1.82) is 0 Å². The van der Waals surface area contributed by atoms with Gasteiger partial charge in [-0.15, -0.1) is 0 Å². The predicted molar refractivity (Wildman–Crippen MR) is 75.8 cm³/mol. The number of nitrogens with two attached hydrogens (primary N) is 1. The molecule has 0 unspecified atom stereocenters. The summed E-state index contributed by atoms with van der Waals surface area (Å²) in [6.07, 6.45) is 2.84. The second kappa shape index (κ2) is 6.33. The Balaban J connectivity index is 1.86. The number of piperidine rings is 1. The lowest BCUT2D eigenvalue weighted by atomic mass is 9.93. The monoisotopic (exact) mass is 277 g/mol. The number of β-amino-alcohol motifs (C(OH)–C–C–N with tert-alkyl or cyclic N) is 1. The molecule has 2 heterocycles. The van der Waals surface area contributed by atoms with Crippen LogP contribution in [0.25, 0.3) is 0 Å². The normalized spacial score (nSPS) is 22.4. The van der Waals surface area contributed by atoms with Gasteiger partial charge in [-0.25, -0.2) is 9.97 Å². The lowest BCUT2D eigenvalue weighted by Gasteiger charge is -2.35. The van der Waals surface area contributed by atoms with Crippen LogP contribution >= 0.6 is 0 Å². The van der Waals surface area contributed by atoms with E-state index in [4.69, 9.17) is 5.73 Å². The molecule has 0 aromatic carbocycles. The first-order chi connectivity index (χ1) is 9.60. The SMILES string of the molecule is C=CC(=O)N1CC[C@@H](CNc2cc(N)ncn2)[C@H](O)C1. The van der Waals surface area contributed by atoms with Crippen molar-refractivity contribution in [1.82, 2.24) is 14.9 Å². The molecule has 0 bridgehead atoms. The van der Waals surface area contributed by atoms with Crippen LogP contribution in [0.1, 0.15) is 6.42 Å². The van der Waals surface area contributed by atoms with Crippen molar-refractivity contribution >= 4 is 17.5 Å². The van der Waals surface area contributed by atoms with Gasteiger partial charge in [0.15, 0.2) is 0 Å². The molecule has 7 nitrogen and oxygen atoms in total. The van der Waals surface area contributed by atoms with Crippen molar-refractivity contribution in [2.24, 2.45) is 5.92 Å². The predicted octanol–water partition coefficient (Wildman–Crippen LogP) is -0.134. The van der Waals surface area contributed by atoms with Crippen LogP contribution in [0.4, 0.5) is 11.6 Å². The summed E-state index contributed by atoms with van der Waals surface area (Å²) in [4.78, 5) is 20.9. The topological polar surface area (TPSA) is 104 Å². The van der Waals surface area contributed by atoms with Gasteiger partial charge in [-0.3, -0.25) is 4.79 Å². The van der Waals surface area contributed by atoms with Gasteiger partial charge in [0.2, 0.25) is 5.91 Å². The third-order valence-corrected chi connectivity index (χ3v) is 3.44. The average Bonchev–Trinajstić information content (AvgIpc) is 2.45. The van der Waals surface area contributed by atoms with Crippen LogP contribution < -0.4 is 11.1 Å². The van der Waals surface area contributed by atoms with Gasteiger partial charge in [0.1, 0.15) is 18.0 Å². The van der Waals surface area contributed by atoms with E-state index in [-0.39, 0.29) is 11.8 Å². The number of carbonyl (C=O) groups excluding carboxylic acids is 1. The van der Waals surface area contributed by atoms with Crippen LogP contribution in [0.3, 0.4) is 0 Å². The van der Waals surface area contributed by atoms with Crippen LogP contribution in [0.2, 0.25) is 0 Å². The summed E-state index contributed by atoms with van der Waals surface area (Å²) in [6.45, 7) is 4.99. The molecular weight excluding hydrogens is 258 g/mol. The van der Waals surface area contributed by atoms with Gasteiger partial charge < -0.3 is 21.1 Å². The van der Waals surface area contributed by atoms with E-state index in [1.165, 1.54) is 12.4 Å². The van der Waals surface area contributed by atoms with E-state index in [0.29, 0.717) is 31.3 Å². The summed E-state index contributed by atoms with van der Waals surface area (Å²) in [5.74, 6) is 0.961. The lowest BCUT2D eigenvalue weighted by Crippen LogP contribution is -2.47. The molecule has 7 heteroatoms. The smallest absolute Gasteiger partial charge is 0.246 e. The van der Waals surface area contributed by atoms with Gasteiger partial charge in [-0.1, -0.05) is 6.58 Å². The van der Waals surface area contributed by atoms with Crippen LogP contribution in [0.15, 0.2) is 25.0 Å². The number of carbonyl (C=O) groups is 1. The second-order valence-corrected chi connectivity index (χ2v) is 4.81. The highest BCUT2D eigenvalue weighted by atomic mass is 16.3. The molecule has 1 amide bonds. The molecule has 1 fully saturated rings. The number of likely N-dealkylation sites (tertiary alicyclic amines) is 1. The Kier molecular flexibility index (Phi) is 4.52. The molecule has 0 aliphatic carbocycles. The Morgan fingerprint density at radius 1 is 1.65 bits per heavy atom. The van der Waals surface area contributed by atoms with Gasteiger partial charge in [0.25, 0.3) is 0 Å². The molecule has 20 heavy (non-hydrogen) atoms. The largest absolute Gasteiger partial charge is 0.391 e. The molecule has 1 aromatic heterocycles. The van der Waals surface area contributed by atoms with E-state index in [0.717, 1.165) is 6.42 Å². The van der Waals surface area contributed by atoms with E-state index in [1.54, 1.807) is 11.0 Å². The van der Waals surface area contributed by atoms with Gasteiger partial charge in [0.05, 0.1) is 6.10 Å². The first-order valence-electron chi connectivity index (χ1n) is 6.51. The maximum absolute atomic E-state index is 11.5. The zero-order chi connectivity index (χ0) is 14.5. The zero-order valence-electron chi connectivity index (χ0n) is 11.2. The number of rotatable bonds is 4. The van der Waals surface area contributed by atoms with E-state index < -0.39 is 6.10 Å². The maximum Gasteiger partial charge on any atom is 0.246 e. The van der Waals surface area contributed by atoms with E-state index >= 15 is 0 Å². The summed E-state index contributed by atoms with van der Waals surface area (Å²) in [5, 5.41) is 13.2. The average molecular weight is 277 g/mol. The summed E-state index contributed by atoms with van der Waals surface area (Å²) in [5.41, 5.74) is 5.57. The Hall–Kier alpha value is -2.15. The summed E-state index contributed by atoms with van der Waals surface area (Å²) < 4.78 is 0. The van der Waals surface area contributed by atoms with Crippen molar-refractivity contribution in [3.05, 3.63) is 25.0 Å². The number of aliphatic hydroxyl groups excluding tert-OH is 1. The van der Waals surface area contributed by atoms with Crippen molar-refractivity contribution in [2.45, 2.75) is 12.5 Å². The quantitative estimate of drug-likeness (QED) is 0.662. The number of anilines is 2. The van der Waals surface area contributed by atoms with Gasteiger partial charge in [0, 0.05) is 31.6 Å². The molecule has 2 atom stereocenters. The second-order valence-electron chi connectivity index (χ2n) is 4.81. The number of aliphatic hydroxyl groups is 1. The van der Waals surface area contributed by atoms with Gasteiger partial charge in [-0.05, 0) is 12.5 Å². The van der Waals surface area contributed by atoms with Crippen molar-refractivity contribution in [3.63, 3.8) is 0 Å². The zero-order valence-corrected chi connectivity index (χ0v) is 11.2. The molecule has 0 spiro atoms. The minimum Gasteiger partial charge on any atom is -0.391 e.